The number of aryl methyl sites for hydroxylation is 2. The van der Waals surface area contributed by atoms with Crippen LogP contribution in [0.25, 0.3) is 32.3 Å². The third kappa shape index (κ3) is 7.08. The minimum absolute atomic E-state index is 0.0240. The van der Waals surface area contributed by atoms with Crippen molar-refractivity contribution >= 4 is 42.4 Å². The number of hydrogen-bond acceptors (Lipinski definition) is 3. The topological polar surface area (TPSA) is 57.2 Å². The lowest BCUT2D eigenvalue weighted by Crippen LogP contribution is -3.61. The molecular formula is C36H35IO3S. The van der Waals surface area contributed by atoms with Crippen molar-refractivity contribution < 1.29 is 34.2 Å². The summed E-state index contributed by atoms with van der Waals surface area (Å²) in [6, 6.07) is 35.2. The van der Waals surface area contributed by atoms with Gasteiger partial charge in [-0.1, -0.05) is 99.5 Å². The number of rotatable bonds is 9. The summed E-state index contributed by atoms with van der Waals surface area (Å²) >= 11 is -0.0240. The molecular weight excluding hydrogens is 639 g/mol. The molecule has 6 rings (SSSR count). The summed E-state index contributed by atoms with van der Waals surface area (Å²) in [6.07, 6.45) is 7.60. The van der Waals surface area contributed by atoms with Gasteiger partial charge in [0, 0.05) is 5.39 Å². The Balaban J connectivity index is 0.000000165. The van der Waals surface area contributed by atoms with Gasteiger partial charge in [0.2, 0.25) is 0 Å². The van der Waals surface area contributed by atoms with Crippen LogP contribution in [-0.2, 0) is 23.0 Å². The van der Waals surface area contributed by atoms with Gasteiger partial charge in [-0.05, 0) is 94.1 Å². The SMILES string of the molecule is CCCCc1ccc([I+]c2ccc(CCCC)cc2)cc1.O=S(=O)([O-])c1ccc2ccc3cccc4ccc1c2c34. The average Bonchev–Trinajstić information content (AvgIpc) is 2.99. The normalized spacial score (nSPS) is 11.7. The van der Waals surface area contributed by atoms with Gasteiger partial charge in [-0.25, -0.2) is 8.42 Å². The van der Waals surface area contributed by atoms with Crippen molar-refractivity contribution in [3.63, 3.8) is 0 Å². The molecule has 5 heteroatoms. The zero-order valence-electron chi connectivity index (χ0n) is 23.6. The quantitative estimate of drug-likeness (QED) is 0.108. The summed E-state index contributed by atoms with van der Waals surface area (Å²) in [4.78, 5) is -0.150. The van der Waals surface area contributed by atoms with Crippen LogP contribution in [-0.4, -0.2) is 13.0 Å². The van der Waals surface area contributed by atoms with Gasteiger partial charge in [-0.15, -0.1) is 0 Å². The predicted octanol–water partition coefficient (Wildman–Crippen LogP) is 5.99. The molecule has 3 nitrogen and oxygen atoms in total. The minimum atomic E-state index is -4.48. The fourth-order valence-corrected chi connectivity index (χ4v) is 8.07. The molecule has 0 radical (unpaired) electrons. The monoisotopic (exact) mass is 674 g/mol. The summed E-state index contributed by atoms with van der Waals surface area (Å²) < 4.78 is 37.3. The number of unbranched alkanes of at least 4 members (excludes halogenated alkanes) is 2. The molecule has 0 aliphatic rings. The van der Waals surface area contributed by atoms with Gasteiger partial charge in [-0.3, -0.25) is 0 Å². The highest BCUT2D eigenvalue weighted by Crippen LogP contribution is 2.37. The van der Waals surface area contributed by atoms with Crippen molar-refractivity contribution in [3.8, 4) is 0 Å². The maximum atomic E-state index is 11.4. The summed E-state index contributed by atoms with van der Waals surface area (Å²) in [6.45, 7) is 4.51. The Morgan fingerprint density at radius 1 is 0.585 bits per heavy atom. The van der Waals surface area contributed by atoms with Crippen LogP contribution in [0.5, 0.6) is 0 Å². The highest BCUT2D eigenvalue weighted by atomic mass is 127. The van der Waals surface area contributed by atoms with Crippen LogP contribution in [0.15, 0.2) is 108 Å². The third-order valence-electron chi connectivity index (χ3n) is 7.44. The Morgan fingerprint density at radius 3 is 1.54 bits per heavy atom. The second-order valence-electron chi connectivity index (χ2n) is 10.4. The molecule has 0 aliphatic heterocycles. The molecule has 0 atom stereocenters. The molecule has 0 bridgehead atoms. The van der Waals surface area contributed by atoms with E-state index < -0.39 is 10.1 Å². The van der Waals surface area contributed by atoms with Crippen LogP contribution in [0.3, 0.4) is 0 Å². The third-order valence-corrected chi connectivity index (χ3v) is 11.0. The van der Waals surface area contributed by atoms with Crippen molar-refractivity contribution in [1.29, 1.82) is 0 Å². The molecule has 0 unspecified atom stereocenters. The molecule has 0 N–H and O–H groups in total. The smallest absolute Gasteiger partial charge is 0.357 e. The van der Waals surface area contributed by atoms with E-state index >= 15 is 0 Å². The molecule has 210 valence electrons. The fourth-order valence-electron chi connectivity index (χ4n) is 5.24. The summed E-state index contributed by atoms with van der Waals surface area (Å²) in [5, 5.41) is 5.38. The van der Waals surface area contributed by atoms with Gasteiger partial charge >= 0.3 is 21.2 Å². The van der Waals surface area contributed by atoms with Crippen LogP contribution < -0.4 is 21.2 Å². The van der Waals surface area contributed by atoms with E-state index in [0.29, 0.717) is 5.39 Å². The Labute approximate surface area is 254 Å². The van der Waals surface area contributed by atoms with Crippen LogP contribution in [0.1, 0.15) is 50.7 Å². The first kappa shape index (κ1) is 29.5. The van der Waals surface area contributed by atoms with Crippen LogP contribution in [0.2, 0.25) is 0 Å². The zero-order valence-corrected chi connectivity index (χ0v) is 26.5. The van der Waals surface area contributed by atoms with Gasteiger partial charge in [0.25, 0.3) is 0 Å². The molecule has 6 aromatic rings. The molecule has 0 aromatic heterocycles. The van der Waals surface area contributed by atoms with Gasteiger partial charge in [0.05, 0.1) is 4.90 Å². The lowest BCUT2D eigenvalue weighted by molar-refractivity contribution is -0.597. The lowest BCUT2D eigenvalue weighted by atomic mass is 9.94. The maximum absolute atomic E-state index is 11.4. The molecule has 0 saturated carbocycles. The number of benzene rings is 6. The largest absolute Gasteiger partial charge is 0.744 e. The molecule has 0 fully saturated rings. The van der Waals surface area contributed by atoms with Crippen molar-refractivity contribution in [1.82, 2.24) is 0 Å². The molecule has 41 heavy (non-hydrogen) atoms. The van der Waals surface area contributed by atoms with E-state index in [1.165, 1.54) is 62.9 Å². The lowest BCUT2D eigenvalue weighted by Gasteiger charge is -2.15. The molecule has 6 aromatic carbocycles. The predicted molar refractivity (Wildman–Crippen MR) is 166 cm³/mol. The van der Waals surface area contributed by atoms with Crippen molar-refractivity contribution in [3.05, 3.63) is 121 Å². The molecule has 0 amide bonds. The Morgan fingerprint density at radius 2 is 1.05 bits per heavy atom. The van der Waals surface area contributed by atoms with Gasteiger partial charge in [-0.2, -0.15) is 0 Å². The van der Waals surface area contributed by atoms with Crippen LogP contribution in [0, 0.1) is 7.14 Å². The Hall–Kier alpha value is -3.00. The van der Waals surface area contributed by atoms with E-state index in [1.807, 2.05) is 36.4 Å². The Kier molecular flexibility index (Phi) is 9.58. The summed E-state index contributed by atoms with van der Waals surface area (Å²) in [5.74, 6) is 0. The summed E-state index contributed by atoms with van der Waals surface area (Å²) in [5.41, 5.74) is 2.97. The van der Waals surface area contributed by atoms with E-state index in [2.05, 4.69) is 62.4 Å². The van der Waals surface area contributed by atoms with Crippen molar-refractivity contribution in [2.24, 2.45) is 0 Å². The van der Waals surface area contributed by atoms with E-state index in [4.69, 9.17) is 0 Å². The van der Waals surface area contributed by atoms with Gasteiger partial charge in [0.1, 0.15) is 10.1 Å². The summed E-state index contributed by atoms with van der Waals surface area (Å²) in [7, 11) is -4.48. The average molecular weight is 675 g/mol. The minimum Gasteiger partial charge on any atom is -0.744 e. The second-order valence-corrected chi connectivity index (χ2v) is 14.8. The molecule has 0 saturated heterocycles. The van der Waals surface area contributed by atoms with Crippen molar-refractivity contribution in [2.45, 2.75) is 57.3 Å². The van der Waals surface area contributed by atoms with Gasteiger partial charge in [0.15, 0.2) is 7.14 Å². The molecule has 0 spiro atoms. The van der Waals surface area contributed by atoms with E-state index in [9.17, 15) is 13.0 Å². The van der Waals surface area contributed by atoms with Crippen LogP contribution >= 0.6 is 0 Å². The highest BCUT2D eigenvalue weighted by molar-refractivity contribution is 7.86. The van der Waals surface area contributed by atoms with Gasteiger partial charge < -0.3 is 4.55 Å². The maximum Gasteiger partial charge on any atom is 0.357 e. The Bertz CT molecular complexity index is 1780. The van der Waals surface area contributed by atoms with E-state index in [1.54, 1.807) is 12.1 Å². The standard InChI is InChI=1S/C20H26I.C16H10O3S/c1-3-5-7-17-9-13-19(14-10-17)21-20-15-11-18(12-16-20)8-6-4-2;17-20(18,19)14-9-7-12-5-4-10-2-1-3-11-6-8-13(14)16(12)15(10)11/h9-16H,3-8H2,1-2H3;1-9H,(H,17,18,19)/q+1;/p-1. The highest BCUT2D eigenvalue weighted by Gasteiger charge is 2.15. The first-order valence-electron chi connectivity index (χ1n) is 14.3. The number of halogens is 1. The fraction of sp³-hybridized carbons (Fsp3) is 0.222. The van der Waals surface area contributed by atoms with Crippen molar-refractivity contribution in [2.75, 3.05) is 0 Å². The van der Waals surface area contributed by atoms with Crippen LogP contribution in [0.4, 0.5) is 0 Å². The van der Waals surface area contributed by atoms with E-state index in [0.717, 1.165) is 26.9 Å². The first-order valence-corrected chi connectivity index (χ1v) is 17.9. The zero-order chi connectivity index (χ0) is 28.8. The molecule has 0 aliphatic carbocycles. The van der Waals surface area contributed by atoms with E-state index in [-0.39, 0.29) is 26.1 Å². The number of hydrogen-bond donors (Lipinski definition) is 0. The molecule has 0 heterocycles. The first-order chi connectivity index (χ1) is 19.9. The second kappa shape index (κ2) is 13.3.